The average Bonchev–Trinajstić information content (AvgIpc) is 3.69. The van der Waals surface area contributed by atoms with E-state index in [-0.39, 0.29) is 30.7 Å². The van der Waals surface area contributed by atoms with Crippen molar-refractivity contribution in [2.24, 2.45) is 5.92 Å². The molecule has 5 aliphatic rings. The SMILES string of the molecule is CN(c1ccc(C#N)c(Cl)c1)[C@H]1CC[C@H](NC(=O)c2ccc([C@H]3CC[C@H](CN4Cc5cc6c(cc5C4)C(=O)N(C4CCC(=O)NC4=O)C6=O)CC3)cn2)CC1. The summed E-state index contributed by atoms with van der Waals surface area (Å²) in [7, 11) is 2.05. The number of benzene rings is 2. The third-order valence-electron chi connectivity index (χ3n) is 12.5. The van der Waals surface area contributed by atoms with Gasteiger partial charge >= 0.3 is 0 Å². The summed E-state index contributed by atoms with van der Waals surface area (Å²) < 4.78 is 0. The molecular formula is C42H44ClN7O5. The lowest BCUT2D eigenvalue weighted by Crippen LogP contribution is -2.54. The number of nitrogens with zero attached hydrogens (tertiary/aromatic N) is 5. The number of rotatable bonds is 8. The molecule has 284 valence electrons. The van der Waals surface area contributed by atoms with Crippen molar-refractivity contribution in [1.29, 1.82) is 5.26 Å². The molecule has 0 radical (unpaired) electrons. The first-order valence-corrected chi connectivity index (χ1v) is 19.7. The van der Waals surface area contributed by atoms with Gasteiger partial charge in [0.05, 0.1) is 21.7 Å². The van der Waals surface area contributed by atoms with Crippen molar-refractivity contribution in [2.75, 3.05) is 18.5 Å². The summed E-state index contributed by atoms with van der Waals surface area (Å²) in [4.78, 5) is 74.0. The van der Waals surface area contributed by atoms with Gasteiger partial charge in [-0.3, -0.25) is 44.1 Å². The van der Waals surface area contributed by atoms with Crippen LogP contribution in [-0.4, -0.2) is 76.0 Å². The standard InChI is InChI=1S/C42H44ClN7O5/c1-48(32-10-6-26(19-44)35(43)18-32)31-11-8-30(9-12-31)46-39(52)36-13-7-27(20-45-36)25-4-2-24(3-5-25)21-49-22-28-16-33-34(17-29(28)23-49)42(55)50(41(33)54)37-14-15-38(51)47-40(37)53/h6-7,10,13,16-18,20,24-25,30-31,37H,2-5,8-9,11-12,14-15,21-23H2,1H3,(H,46,52)(H,47,51,53)/t24-,25-,30-,31-,37?. The van der Waals surface area contributed by atoms with Crippen molar-refractivity contribution in [3.8, 4) is 6.07 Å². The molecule has 3 fully saturated rings. The minimum atomic E-state index is -0.960. The summed E-state index contributed by atoms with van der Waals surface area (Å²) in [6.07, 6.45) is 10.0. The third kappa shape index (κ3) is 7.35. The van der Waals surface area contributed by atoms with Gasteiger partial charge < -0.3 is 10.2 Å². The minimum absolute atomic E-state index is 0.0986. The number of fused-ring (bicyclic) bond motifs is 2. The van der Waals surface area contributed by atoms with Crippen LogP contribution in [-0.2, 0) is 22.7 Å². The first-order valence-electron chi connectivity index (χ1n) is 19.3. The van der Waals surface area contributed by atoms with E-state index in [0.717, 1.165) is 79.6 Å². The number of hydrogen-bond donors (Lipinski definition) is 2. The molecule has 0 bridgehead atoms. The van der Waals surface area contributed by atoms with E-state index in [1.165, 1.54) is 5.56 Å². The number of piperidine rings is 1. The number of hydrogen-bond acceptors (Lipinski definition) is 9. The Balaban J connectivity index is 0.784. The first kappa shape index (κ1) is 36.8. The Hall–Kier alpha value is -5.12. The van der Waals surface area contributed by atoms with Crippen LogP contribution in [0.5, 0.6) is 0 Å². The van der Waals surface area contributed by atoms with Gasteiger partial charge in [-0.1, -0.05) is 17.7 Å². The smallest absolute Gasteiger partial charge is 0.270 e. The van der Waals surface area contributed by atoms with Crippen molar-refractivity contribution in [2.45, 2.75) is 101 Å². The van der Waals surface area contributed by atoms with Crippen LogP contribution < -0.4 is 15.5 Å². The molecule has 1 saturated heterocycles. The lowest BCUT2D eigenvalue weighted by molar-refractivity contribution is -0.136. The van der Waals surface area contributed by atoms with Crippen LogP contribution in [0.3, 0.4) is 0 Å². The van der Waals surface area contributed by atoms with Crippen LogP contribution in [0.1, 0.15) is 124 Å². The quantitative estimate of drug-likeness (QED) is 0.284. The molecule has 55 heavy (non-hydrogen) atoms. The second-order valence-corrected chi connectivity index (χ2v) is 16.3. The number of amides is 5. The number of carbonyl (C=O) groups excluding carboxylic acids is 5. The largest absolute Gasteiger partial charge is 0.372 e. The van der Waals surface area contributed by atoms with Crippen LogP contribution in [0.15, 0.2) is 48.7 Å². The second kappa shape index (κ2) is 15.2. The Bertz CT molecular complexity index is 2050. The van der Waals surface area contributed by atoms with Gasteiger partial charge in [0, 0.05) is 57.1 Å². The van der Waals surface area contributed by atoms with Crippen molar-refractivity contribution >= 4 is 46.8 Å². The van der Waals surface area contributed by atoms with Crippen LogP contribution in [0.4, 0.5) is 5.69 Å². The molecule has 13 heteroatoms. The zero-order valence-corrected chi connectivity index (χ0v) is 31.6. The van der Waals surface area contributed by atoms with Gasteiger partial charge in [-0.2, -0.15) is 5.26 Å². The summed E-state index contributed by atoms with van der Waals surface area (Å²) in [6.45, 7) is 2.36. The van der Waals surface area contributed by atoms with Gasteiger partial charge in [-0.05, 0) is 123 Å². The van der Waals surface area contributed by atoms with Gasteiger partial charge in [-0.25, -0.2) is 0 Å². The Kier molecular flexibility index (Phi) is 10.2. The molecule has 1 aromatic heterocycles. The number of halogens is 1. The van der Waals surface area contributed by atoms with E-state index < -0.39 is 23.8 Å². The molecule has 3 aromatic rings. The molecular weight excluding hydrogens is 718 g/mol. The van der Waals surface area contributed by atoms with Gasteiger partial charge in [0.2, 0.25) is 11.8 Å². The van der Waals surface area contributed by atoms with Crippen LogP contribution >= 0.6 is 11.6 Å². The summed E-state index contributed by atoms with van der Waals surface area (Å²) in [5.74, 6) is -1.11. The Labute approximate surface area is 325 Å². The molecule has 12 nitrogen and oxygen atoms in total. The van der Waals surface area contributed by atoms with Gasteiger partial charge in [0.25, 0.3) is 17.7 Å². The maximum atomic E-state index is 13.3. The molecule has 0 spiro atoms. The fourth-order valence-corrected chi connectivity index (χ4v) is 9.50. The van der Waals surface area contributed by atoms with E-state index >= 15 is 0 Å². The lowest BCUT2D eigenvalue weighted by atomic mass is 9.79. The molecule has 2 saturated carbocycles. The second-order valence-electron chi connectivity index (χ2n) is 15.8. The molecule has 2 aliphatic carbocycles. The molecule has 3 aliphatic heterocycles. The summed E-state index contributed by atoms with van der Waals surface area (Å²) in [6, 6.07) is 14.7. The number of pyridine rings is 1. The summed E-state index contributed by atoms with van der Waals surface area (Å²) in [5.41, 5.74) is 5.83. The number of imide groups is 2. The minimum Gasteiger partial charge on any atom is -0.372 e. The molecule has 2 N–H and O–H groups in total. The highest BCUT2D eigenvalue weighted by Gasteiger charge is 2.45. The zero-order chi connectivity index (χ0) is 38.4. The average molecular weight is 762 g/mol. The van der Waals surface area contributed by atoms with E-state index in [4.69, 9.17) is 11.6 Å². The molecule has 4 heterocycles. The predicted octanol–water partition coefficient (Wildman–Crippen LogP) is 5.47. The zero-order valence-electron chi connectivity index (χ0n) is 30.9. The molecule has 2 aromatic carbocycles. The third-order valence-corrected chi connectivity index (χ3v) is 12.8. The highest BCUT2D eigenvalue weighted by atomic mass is 35.5. The maximum Gasteiger partial charge on any atom is 0.270 e. The number of nitriles is 1. The van der Waals surface area contributed by atoms with Gasteiger partial charge in [0.15, 0.2) is 0 Å². The van der Waals surface area contributed by atoms with Crippen molar-refractivity contribution in [3.63, 3.8) is 0 Å². The Morgan fingerprint density at radius 2 is 1.62 bits per heavy atom. The van der Waals surface area contributed by atoms with Crippen LogP contribution in [0.25, 0.3) is 0 Å². The van der Waals surface area contributed by atoms with Gasteiger partial charge in [-0.15, -0.1) is 0 Å². The first-order chi connectivity index (χ1) is 26.6. The van der Waals surface area contributed by atoms with Gasteiger partial charge in [0.1, 0.15) is 17.8 Å². The Morgan fingerprint density at radius 3 is 2.22 bits per heavy atom. The number of carbonyl (C=O) groups is 5. The van der Waals surface area contributed by atoms with E-state index in [2.05, 4.69) is 44.6 Å². The van der Waals surface area contributed by atoms with Crippen LogP contribution in [0.2, 0.25) is 5.02 Å². The summed E-state index contributed by atoms with van der Waals surface area (Å²) >= 11 is 6.26. The monoisotopic (exact) mass is 761 g/mol. The van der Waals surface area contributed by atoms with E-state index in [0.29, 0.717) is 58.4 Å². The fraction of sp³-hybridized carbons (Fsp3) is 0.452. The van der Waals surface area contributed by atoms with Crippen LogP contribution in [0, 0.1) is 17.2 Å². The number of anilines is 1. The maximum absolute atomic E-state index is 13.3. The van der Waals surface area contributed by atoms with Crippen molar-refractivity contribution in [3.05, 3.63) is 92.8 Å². The molecule has 1 atom stereocenters. The molecule has 5 amide bonds. The number of aromatic nitrogens is 1. The molecule has 8 rings (SSSR count). The number of nitrogens with one attached hydrogen (secondary N) is 2. The summed E-state index contributed by atoms with van der Waals surface area (Å²) in [5, 5.41) is 15.1. The normalized spacial score (nSPS) is 25.3. The van der Waals surface area contributed by atoms with Crippen molar-refractivity contribution < 1.29 is 24.0 Å². The van der Waals surface area contributed by atoms with E-state index in [9.17, 15) is 29.2 Å². The van der Waals surface area contributed by atoms with E-state index in [1.54, 1.807) is 6.07 Å². The predicted molar refractivity (Wildman–Crippen MR) is 204 cm³/mol. The van der Waals surface area contributed by atoms with Crippen molar-refractivity contribution in [1.82, 2.24) is 25.4 Å². The lowest BCUT2D eigenvalue weighted by Gasteiger charge is -2.36. The Morgan fingerprint density at radius 1 is 0.927 bits per heavy atom. The topological polar surface area (TPSA) is 156 Å². The highest BCUT2D eigenvalue weighted by molar-refractivity contribution is 6.32. The fourth-order valence-electron chi connectivity index (χ4n) is 9.28. The highest BCUT2D eigenvalue weighted by Crippen LogP contribution is 2.38. The molecule has 1 unspecified atom stereocenters. The van der Waals surface area contributed by atoms with E-state index in [1.807, 2.05) is 36.5 Å².